The Labute approximate surface area is 165 Å². The molecule has 4 N–H and O–H groups in total. The van der Waals surface area contributed by atoms with E-state index >= 15 is 0 Å². The Balaban J connectivity index is 1.43. The normalized spacial score (nSPS) is 21.2. The predicted molar refractivity (Wildman–Crippen MR) is 107 cm³/mol. The Hall–Kier alpha value is -3.27. The van der Waals surface area contributed by atoms with Crippen molar-refractivity contribution in [2.45, 2.75) is 24.9 Å². The maximum Gasteiger partial charge on any atom is 0.351 e. The summed E-state index contributed by atoms with van der Waals surface area (Å²) in [5.41, 5.74) is -0.0257. The Morgan fingerprint density at radius 2 is 1.97 bits per heavy atom. The van der Waals surface area contributed by atoms with Crippen molar-refractivity contribution in [2.75, 3.05) is 17.2 Å². The van der Waals surface area contributed by atoms with Crippen LogP contribution in [0.5, 0.6) is 0 Å². The molecule has 0 spiro atoms. The standard InChI is InChI=1S/C20H20N4O5/c25-11-16-15(26)10-18(29-16)24-8-7-17(23-20(24)28)22-19(27)21-14-6-5-12-3-1-2-4-13(12)9-14/h1-9,15-16,18,25-26H,10-11H2,(H2,21,22,23,27,28)/t15?,16-,18-/m1/s1. The number of urea groups is 1. The lowest BCUT2D eigenvalue weighted by atomic mass is 10.1. The molecule has 0 bridgehead atoms. The molecule has 3 aromatic rings. The first kappa shape index (κ1) is 19.1. The number of aliphatic hydroxyl groups is 2. The van der Waals surface area contributed by atoms with Gasteiger partial charge in [0.15, 0.2) is 0 Å². The van der Waals surface area contributed by atoms with Gasteiger partial charge < -0.3 is 20.3 Å². The second kappa shape index (κ2) is 8.00. The van der Waals surface area contributed by atoms with E-state index in [1.165, 1.54) is 16.8 Å². The number of carbonyl (C=O) groups is 1. The maximum atomic E-state index is 12.3. The molecule has 0 saturated carbocycles. The number of nitrogens with zero attached hydrogens (tertiary/aromatic N) is 2. The van der Waals surface area contributed by atoms with Crippen molar-refractivity contribution in [1.82, 2.24) is 9.55 Å². The van der Waals surface area contributed by atoms with E-state index in [1.54, 1.807) is 6.07 Å². The van der Waals surface area contributed by atoms with Crippen LogP contribution in [-0.2, 0) is 4.74 Å². The number of fused-ring (bicyclic) bond motifs is 1. The molecular weight excluding hydrogens is 376 g/mol. The predicted octanol–water partition coefficient (Wildman–Crippen LogP) is 1.68. The first-order valence-corrected chi connectivity index (χ1v) is 9.14. The van der Waals surface area contributed by atoms with Crippen molar-refractivity contribution >= 4 is 28.3 Å². The Morgan fingerprint density at radius 3 is 2.69 bits per heavy atom. The molecule has 1 aliphatic rings. The van der Waals surface area contributed by atoms with Gasteiger partial charge >= 0.3 is 11.7 Å². The third-order valence-electron chi connectivity index (χ3n) is 4.77. The zero-order chi connectivity index (χ0) is 20.4. The summed E-state index contributed by atoms with van der Waals surface area (Å²) in [5, 5.41) is 26.2. The zero-order valence-electron chi connectivity index (χ0n) is 15.4. The number of aliphatic hydroxyl groups excluding tert-OH is 2. The van der Waals surface area contributed by atoms with Crippen molar-refractivity contribution in [1.29, 1.82) is 0 Å². The van der Waals surface area contributed by atoms with Crippen LogP contribution in [0.4, 0.5) is 16.3 Å². The molecule has 1 fully saturated rings. The minimum absolute atomic E-state index is 0.0850. The van der Waals surface area contributed by atoms with E-state index in [1.807, 2.05) is 36.4 Å². The molecule has 0 radical (unpaired) electrons. The molecule has 2 heterocycles. The van der Waals surface area contributed by atoms with E-state index in [0.29, 0.717) is 5.69 Å². The fourth-order valence-electron chi connectivity index (χ4n) is 3.30. The molecular formula is C20H20N4O5. The van der Waals surface area contributed by atoms with Gasteiger partial charge in [-0.3, -0.25) is 9.88 Å². The minimum Gasteiger partial charge on any atom is -0.394 e. The van der Waals surface area contributed by atoms with E-state index in [-0.39, 0.29) is 18.8 Å². The Bertz CT molecular complexity index is 1100. The smallest absolute Gasteiger partial charge is 0.351 e. The second-order valence-corrected chi connectivity index (χ2v) is 6.76. The summed E-state index contributed by atoms with van der Waals surface area (Å²) >= 11 is 0. The fourth-order valence-corrected chi connectivity index (χ4v) is 3.30. The van der Waals surface area contributed by atoms with Crippen molar-refractivity contribution < 1.29 is 19.7 Å². The van der Waals surface area contributed by atoms with Gasteiger partial charge in [0.2, 0.25) is 0 Å². The number of ether oxygens (including phenoxy) is 1. The quantitative estimate of drug-likeness (QED) is 0.532. The van der Waals surface area contributed by atoms with Gasteiger partial charge in [0.05, 0.1) is 12.7 Å². The van der Waals surface area contributed by atoms with Gasteiger partial charge in [0.1, 0.15) is 18.1 Å². The number of hydrogen-bond acceptors (Lipinski definition) is 6. The van der Waals surface area contributed by atoms with Crippen molar-refractivity contribution in [3.63, 3.8) is 0 Å². The van der Waals surface area contributed by atoms with E-state index in [4.69, 9.17) is 9.84 Å². The molecule has 2 amide bonds. The summed E-state index contributed by atoms with van der Waals surface area (Å²) in [5.74, 6) is 0.0850. The van der Waals surface area contributed by atoms with E-state index in [2.05, 4.69) is 15.6 Å². The van der Waals surface area contributed by atoms with Crippen LogP contribution in [-0.4, -0.2) is 44.6 Å². The van der Waals surface area contributed by atoms with E-state index < -0.39 is 30.2 Å². The Kier molecular flexibility index (Phi) is 5.26. The molecule has 1 unspecified atom stereocenters. The number of anilines is 2. The first-order chi connectivity index (χ1) is 14.0. The van der Waals surface area contributed by atoms with E-state index in [0.717, 1.165) is 10.8 Å². The third-order valence-corrected chi connectivity index (χ3v) is 4.77. The van der Waals surface area contributed by atoms with Gasteiger partial charge in [0.25, 0.3) is 0 Å². The number of amides is 2. The highest BCUT2D eigenvalue weighted by Crippen LogP contribution is 2.27. The first-order valence-electron chi connectivity index (χ1n) is 9.14. The van der Waals surface area contributed by atoms with Gasteiger partial charge in [-0.25, -0.2) is 9.59 Å². The van der Waals surface area contributed by atoms with Crippen LogP contribution in [0.15, 0.2) is 59.5 Å². The summed E-state index contributed by atoms with van der Waals surface area (Å²) in [6.07, 6.45) is -0.720. The molecule has 1 aromatic heterocycles. The second-order valence-electron chi connectivity index (χ2n) is 6.76. The molecule has 9 nitrogen and oxygen atoms in total. The van der Waals surface area contributed by atoms with Crippen LogP contribution in [0.3, 0.4) is 0 Å². The van der Waals surface area contributed by atoms with Crippen LogP contribution in [0, 0.1) is 0 Å². The molecule has 3 atom stereocenters. The van der Waals surface area contributed by atoms with Gasteiger partial charge in [0, 0.05) is 18.3 Å². The Morgan fingerprint density at radius 1 is 1.17 bits per heavy atom. The summed E-state index contributed by atoms with van der Waals surface area (Å²) in [7, 11) is 0. The number of aromatic nitrogens is 2. The van der Waals surface area contributed by atoms with Gasteiger partial charge in [-0.15, -0.1) is 0 Å². The molecule has 150 valence electrons. The van der Waals surface area contributed by atoms with Crippen molar-refractivity contribution in [3.8, 4) is 0 Å². The highest BCUT2D eigenvalue weighted by molar-refractivity contribution is 6.00. The number of benzene rings is 2. The number of hydrogen-bond donors (Lipinski definition) is 4. The van der Waals surface area contributed by atoms with Crippen LogP contribution >= 0.6 is 0 Å². The molecule has 0 aliphatic carbocycles. The van der Waals surface area contributed by atoms with Gasteiger partial charge in [-0.1, -0.05) is 30.3 Å². The molecule has 9 heteroatoms. The van der Waals surface area contributed by atoms with Crippen LogP contribution in [0.25, 0.3) is 10.8 Å². The molecule has 1 aliphatic heterocycles. The van der Waals surface area contributed by atoms with Crippen molar-refractivity contribution in [2.24, 2.45) is 0 Å². The fraction of sp³-hybridized carbons (Fsp3) is 0.250. The lowest BCUT2D eigenvalue weighted by Crippen LogP contribution is -2.29. The topological polar surface area (TPSA) is 126 Å². The highest BCUT2D eigenvalue weighted by atomic mass is 16.5. The van der Waals surface area contributed by atoms with E-state index in [9.17, 15) is 14.7 Å². The van der Waals surface area contributed by atoms with Crippen LogP contribution in [0.2, 0.25) is 0 Å². The van der Waals surface area contributed by atoms with Gasteiger partial charge in [-0.2, -0.15) is 4.98 Å². The summed E-state index contributed by atoms with van der Waals surface area (Å²) in [6.45, 7) is -0.339. The summed E-state index contributed by atoms with van der Waals surface area (Å²) in [6, 6.07) is 14.3. The molecule has 2 aromatic carbocycles. The lowest BCUT2D eigenvalue weighted by molar-refractivity contribution is -0.0458. The van der Waals surface area contributed by atoms with Crippen molar-refractivity contribution in [3.05, 3.63) is 65.2 Å². The minimum atomic E-state index is -0.859. The molecule has 29 heavy (non-hydrogen) atoms. The molecule has 1 saturated heterocycles. The zero-order valence-corrected chi connectivity index (χ0v) is 15.4. The SMILES string of the molecule is O=C(Nc1ccc2ccccc2c1)Nc1ccn([C@H]2CC(O)[C@@H](CO)O2)c(=O)n1. The number of carbonyl (C=O) groups excluding carboxylic acids is 1. The average molecular weight is 396 g/mol. The van der Waals surface area contributed by atoms with Crippen LogP contribution < -0.4 is 16.3 Å². The summed E-state index contributed by atoms with van der Waals surface area (Å²) in [4.78, 5) is 28.3. The number of nitrogens with one attached hydrogen (secondary N) is 2. The third kappa shape index (κ3) is 4.11. The largest absolute Gasteiger partial charge is 0.394 e. The monoisotopic (exact) mass is 396 g/mol. The average Bonchev–Trinajstić information content (AvgIpc) is 3.08. The highest BCUT2D eigenvalue weighted by Gasteiger charge is 2.34. The molecule has 4 rings (SSSR count). The lowest BCUT2D eigenvalue weighted by Gasteiger charge is -2.14. The maximum absolute atomic E-state index is 12.3. The van der Waals surface area contributed by atoms with Gasteiger partial charge in [-0.05, 0) is 29.0 Å². The summed E-state index contributed by atoms with van der Waals surface area (Å²) < 4.78 is 6.66. The number of rotatable bonds is 4. The van der Waals surface area contributed by atoms with Crippen LogP contribution in [0.1, 0.15) is 12.6 Å².